The van der Waals surface area contributed by atoms with Gasteiger partial charge < -0.3 is 10.0 Å². The molecule has 0 spiro atoms. The minimum atomic E-state index is -4.38. The number of benzene rings is 1. The monoisotopic (exact) mass is 373 g/mol. The minimum absolute atomic E-state index is 0.0365. The van der Waals surface area contributed by atoms with Crippen molar-refractivity contribution in [3.63, 3.8) is 0 Å². The Balaban J connectivity index is 2.72. The first-order valence-electron chi connectivity index (χ1n) is 8.81. The van der Waals surface area contributed by atoms with Gasteiger partial charge in [0, 0.05) is 25.4 Å². The van der Waals surface area contributed by atoms with E-state index < -0.39 is 17.7 Å². The van der Waals surface area contributed by atoms with Gasteiger partial charge in [-0.1, -0.05) is 32.4 Å². The molecular weight excluding hydrogens is 347 g/mol. The molecule has 1 aromatic rings. The number of aliphatic carboxylic acids is 1. The van der Waals surface area contributed by atoms with Crippen LogP contribution in [-0.2, 0) is 22.3 Å². The van der Waals surface area contributed by atoms with Crippen LogP contribution in [0.2, 0.25) is 0 Å². The van der Waals surface area contributed by atoms with Crippen molar-refractivity contribution >= 4 is 11.9 Å². The fraction of sp³-hybridized carbons (Fsp3) is 0.579. The van der Waals surface area contributed by atoms with Gasteiger partial charge in [-0.3, -0.25) is 9.59 Å². The number of hydrogen-bond acceptors (Lipinski definition) is 2. The van der Waals surface area contributed by atoms with E-state index in [-0.39, 0.29) is 24.8 Å². The second-order valence-corrected chi connectivity index (χ2v) is 6.47. The number of rotatable bonds is 10. The lowest BCUT2D eigenvalue weighted by atomic mass is 10.1. The molecule has 7 heteroatoms. The van der Waals surface area contributed by atoms with E-state index in [2.05, 4.69) is 0 Å². The van der Waals surface area contributed by atoms with E-state index >= 15 is 0 Å². The summed E-state index contributed by atoms with van der Waals surface area (Å²) in [4.78, 5) is 24.7. The molecule has 0 aromatic heterocycles. The topological polar surface area (TPSA) is 57.6 Å². The predicted octanol–water partition coefficient (Wildman–Crippen LogP) is 4.73. The number of carboxylic acid groups (broad SMARTS) is 1. The number of carboxylic acids is 1. The number of carbonyl (C=O) groups is 2. The van der Waals surface area contributed by atoms with Crippen molar-refractivity contribution < 1.29 is 27.9 Å². The highest BCUT2D eigenvalue weighted by Gasteiger charge is 2.30. The summed E-state index contributed by atoms with van der Waals surface area (Å²) in [5.41, 5.74) is -0.0742. The molecule has 0 radical (unpaired) electrons. The van der Waals surface area contributed by atoms with Crippen LogP contribution < -0.4 is 0 Å². The third-order valence-corrected chi connectivity index (χ3v) is 4.32. The Labute approximate surface area is 152 Å². The summed E-state index contributed by atoms with van der Waals surface area (Å²) in [5.74, 6) is -1.05. The zero-order chi connectivity index (χ0) is 19.7. The number of hydrogen-bond donors (Lipinski definition) is 1. The van der Waals surface area contributed by atoms with E-state index in [1.54, 1.807) is 4.90 Å². The van der Waals surface area contributed by atoms with Crippen LogP contribution >= 0.6 is 0 Å². The molecule has 0 aliphatic heterocycles. The van der Waals surface area contributed by atoms with Crippen LogP contribution in [0.1, 0.15) is 57.1 Å². The highest BCUT2D eigenvalue weighted by atomic mass is 19.4. The number of alkyl halides is 3. The number of nitrogens with zero attached hydrogens (tertiary/aromatic N) is 1. The quantitative estimate of drug-likeness (QED) is 0.604. The van der Waals surface area contributed by atoms with Gasteiger partial charge in [0.05, 0.1) is 5.56 Å². The molecular formula is C19H26F3NO3. The van der Waals surface area contributed by atoms with Gasteiger partial charge in [-0.05, 0) is 37.0 Å². The fourth-order valence-electron chi connectivity index (χ4n) is 2.53. The standard InChI is InChI=1S/C19H26F3NO3/c1-3-14(2)18(26)23(12-6-4-5-7-17(24)25)13-15-8-10-16(11-9-15)19(20,21)22/h8-11,14H,3-7,12-13H2,1-2H3,(H,24,25). The average molecular weight is 373 g/mol. The predicted molar refractivity (Wildman–Crippen MR) is 92.4 cm³/mol. The molecule has 0 bridgehead atoms. The van der Waals surface area contributed by atoms with Crippen molar-refractivity contribution in [2.45, 2.75) is 58.7 Å². The molecule has 1 amide bonds. The van der Waals surface area contributed by atoms with Crippen molar-refractivity contribution in [2.24, 2.45) is 5.92 Å². The van der Waals surface area contributed by atoms with Gasteiger partial charge in [-0.25, -0.2) is 0 Å². The van der Waals surface area contributed by atoms with Crippen molar-refractivity contribution in [1.29, 1.82) is 0 Å². The van der Waals surface area contributed by atoms with Crippen LogP contribution in [0.4, 0.5) is 13.2 Å². The first-order chi connectivity index (χ1) is 12.1. The van der Waals surface area contributed by atoms with Crippen molar-refractivity contribution in [3.05, 3.63) is 35.4 Å². The number of carbonyl (C=O) groups excluding carboxylic acids is 1. The lowest BCUT2D eigenvalue weighted by Gasteiger charge is -2.26. The van der Waals surface area contributed by atoms with Crippen LogP contribution in [0, 0.1) is 5.92 Å². The van der Waals surface area contributed by atoms with E-state index in [4.69, 9.17) is 5.11 Å². The zero-order valence-corrected chi connectivity index (χ0v) is 15.2. The van der Waals surface area contributed by atoms with Crippen LogP contribution in [0.5, 0.6) is 0 Å². The van der Waals surface area contributed by atoms with E-state index in [9.17, 15) is 22.8 Å². The Morgan fingerprint density at radius 2 is 1.73 bits per heavy atom. The summed E-state index contributed by atoms with van der Waals surface area (Å²) in [6.07, 6.45) is -1.71. The van der Waals surface area contributed by atoms with Crippen LogP contribution in [0.25, 0.3) is 0 Å². The molecule has 0 aliphatic rings. The molecule has 0 saturated heterocycles. The average Bonchev–Trinajstić information content (AvgIpc) is 2.58. The smallest absolute Gasteiger partial charge is 0.416 e. The molecule has 1 aromatic carbocycles. The molecule has 0 aliphatic carbocycles. The van der Waals surface area contributed by atoms with Crippen LogP contribution in [0.15, 0.2) is 24.3 Å². The highest BCUT2D eigenvalue weighted by Crippen LogP contribution is 2.29. The van der Waals surface area contributed by atoms with Gasteiger partial charge in [-0.2, -0.15) is 13.2 Å². The SMILES string of the molecule is CCC(C)C(=O)N(CCCCCC(=O)O)Cc1ccc(C(F)(F)F)cc1. The molecule has 0 saturated carbocycles. The summed E-state index contributed by atoms with van der Waals surface area (Å²) in [6.45, 7) is 4.45. The second kappa shape index (κ2) is 10.2. The van der Waals surface area contributed by atoms with E-state index in [0.717, 1.165) is 12.1 Å². The van der Waals surface area contributed by atoms with E-state index in [1.165, 1.54) is 12.1 Å². The second-order valence-electron chi connectivity index (χ2n) is 6.47. The Bertz CT molecular complexity index is 585. The third-order valence-electron chi connectivity index (χ3n) is 4.32. The van der Waals surface area contributed by atoms with E-state index in [1.807, 2.05) is 13.8 Å². The van der Waals surface area contributed by atoms with Gasteiger partial charge in [0.2, 0.25) is 5.91 Å². The van der Waals surface area contributed by atoms with Gasteiger partial charge in [0.15, 0.2) is 0 Å². The van der Waals surface area contributed by atoms with Gasteiger partial charge in [-0.15, -0.1) is 0 Å². The molecule has 0 fully saturated rings. The Morgan fingerprint density at radius 1 is 1.12 bits per heavy atom. The molecule has 0 heterocycles. The van der Waals surface area contributed by atoms with Gasteiger partial charge >= 0.3 is 12.1 Å². The van der Waals surface area contributed by atoms with E-state index in [0.29, 0.717) is 37.8 Å². The Kier molecular flexibility index (Phi) is 8.61. The molecule has 26 heavy (non-hydrogen) atoms. The molecule has 1 rings (SSSR count). The molecule has 1 unspecified atom stereocenters. The zero-order valence-electron chi connectivity index (χ0n) is 15.2. The van der Waals surface area contributed by atoms with Gasteiger partial charge in [0.1, 0.15) is 0 Å². The Hall–Kier alpha value is -2.05. The van der Waals surface area contributed by atoms with Crippen LogP contribution in [0.3, 0.4) is 0 Å². The normalized spacial score (nSPS) is 12.7. The first kappa shape index (κ1) is 22.0. The molecule has 4 nitrogen and oxygen atoms in total. The van der Waals surface area contributed by atoms with Gasteiger partial charge in [0.25, 0.3) is 0 Å². The maximum atomic E-state index is 12.7. The maximum Gasteiger partial charge on any atom is 0.416 e. The lowest BCUT2D eigenvalue weighted by molar-refractivity contribution is -0.138. The molecule has 146 valence electrons. The number of amides is 1. The minimum Gasteiger partial charge on any atom is -0.481 e. The molecule has 1 N–H and O–H groups in total. The lowest BCUT2D eigenvalue weighted by Crippen LogP contribution is -2.35. The summed E-state index contributed by atoms with van der Waals surface area (Å²) in [7, 11) is 0. The van der Waals surface area contributed by atoms with Crippen molar-refractivity contribution in [3.8, 4) is 0 Å². The van der Waals surface area contributed by atoms with Crippen molar-refractivity contribution in [1.82, 2.24) is 4.90 Å². The summed E-state index contributed by atoms with van der Waals surface area (Å²) in [6, 6.07) is 4.83. The molecule has 1 atom stereocenters. The first-order valence-corrected chi connectivity index (χ1v) is 8.81. The number of unbranched alkanes of at least 4 members (excludes halogenated alkanes) is 2. The van der Waals surface area contributed by atoms with Crippen LogP contribution in [-0.4, -0.2) is 28.4 Å². The summed E-state index contributed by atoms with van der Waals surface area (Å²) >= 11 is 0. The third kappa shape index (κ3) is 7.45. The largest absolute Gasteiger partial charge is 0.481 e. The maximum absolute atomic E-state index is 12.7. The highest BCUT2D eigenvalue weighted by molar-refractivity contribution is 5.78. The fourth-order valence-corrected chi connectivity index (χ4v) is 2.53. The Morgan fingerprint density at radius 3 is 2.23 bits per heavy atom. The van der Waals surface area contributed by atoms with Crippen molar-refractivity contribution in [2.75, 3.05) is 6.54 Å². The summed E-state index contributed by atoms with van der Waals surface area (Å²) in [5, 5.41) is 8.64. The summed E-state index contributed by atoms with van der Waals surface area (Å²) < 4.78 is 38.0. The number of halogens is 3.